The molecule has 0 bridgehead atoms. The van der Waals surface area contributed by atoms with Gasteiger partial charge in [0.05, 0.1) is 0 Å². The first-order valence-electron chi connectivity index (χ1n) is 13.1. The topological polar surface area (TPSA) is 89.5 Å². The molecule has 0 saturated heterocycles. The van der Waals surface area contributed by atoms with Gasteiger partial charge < -0.3 is 22.6 Å². The molecule has 210 valence electrons. The monoisotopic (exact) mass is 590 g/mol. The zero-order valence-electron chi connectivity index (χ0n) is 22.2. The first-order chi connectivity index (χ1) is 19.8. The molecule has 1 fully saturated rings. The fraction of sp³-hybridized carbons (Fsp3) is 0.161. The first-order valence-corrected chi connectivity index (χ1v) is 16.0. The van der Waals surface area contributed by atoms with Crippen molar-refractivity contribution in [2.45, 2.75) is 25.4 Å². The van der Waals surface area contributed by atoms with Crippen LogP contribution in [-0.2, 0) is 13.7 Å². The third-order valence-corrected chi connectivity index (χ3v) is 9.84. The molecule has 8 nitrogen and oxygen atoms in total. The summed E-state index contributed by atoms with van der Waals surface area (Å²) in [4.78, 5) is 0. The van der Waals surface area contributed by atoms with Crippen LogP contribution in [0.15, 0.2) is 127 Å². The summed E-state index contributed by atoms with van der Waals surface area (Å²) in [6, 6.07) is 32.0. The van der Waals surface area contributed by atoms with Crippen LogP contribution in [0, 0.1) is 5.41 Å². The highest BCUT2D eigenvalue weighted by Crippen LogP contribution is 2.67. The van der Waals surface area contributed by atoms with Crippen molar-refractivity contribution in [2.75, 3.05) is 0 Å². The van der Waals surface area contributed by atoms with Gasteiger partial charge in [0.15, 0.2) is 0 Å². The smallest absolute Gasteiger partial charge is 0.395 e. The van der Waals surface area contributed by atoms with Crippen LogP contribution in [0.25, 0.3) is 0 Å². The van der Waals surface area contributed by atoms with E-state index in [0.29, 0.717) is 17.2 Å². The van der Waals surface area contributed by atoms with Gasteiger partial charge in [0.25, 0.3) is 0 Å². The Bertz CT molecular complexity index is 1570. The minimum Gasteiger partial charge on any atom is -0.395 e. The maximum Gasteiger partial charge on any atom is 0.647 e. The number of rotatable bonds is 12. The van der Waals surface area contributed by atoms with E-state index in [2.05, 4.69) is 13.0 Å². The van der Waals surface area contributed by atoms with E-state index in [1.165, 1.54) is 24.3 Å². The lowest BCUT2D eigenvalue weighted by atomic mass is 9.51. The molecule has 10 heteroatoms. The molecular formula is C31H28O8P2. The summed E-state index contributed by atoms with van der Waals surface area (Å²) in [5, 5.41) is 0. The second-order valence-electron chi connectivity index (χ2n) is 9.99. The van der Waals surface area contributed by atoms with Crippen molar-refractivity contribution in [3.8, 4) is 28.7 Å². The van der Waals surface area contributed by atoms with Gasteiger partial charge in [-0.1, -0.05) is 73.7 Å². The number of benzene rings is 4. The summed E-state index contributed by atoms with van der Waals surface area (Å²) in [5.41, 5.74) is -0.904. The molecule has 3 atom stereocenters. The standard InChI is InChI=1S/C31H28O8P2/c1-30-21-23-31(30,24-22-30)39-41(33,37-27-15-9-4-10-16-27)38-29-19-17-28(18-20-29)36-40(32,34-25-11-5-2-6-12-25)35-26-13-7-3-8-14-26/h2-21,23H,22,24H2,1H3/t30-,31?,41?/m1/s1. The Labute approximate surface area is 238 Å². The van der Waals surface area contributed by atoms with Crippen molar-refractivity contribution in [1.82, 2.24) is 0 Å². The van der Waals surface area contributed by atoms with Crippen LogP contribution in [0.4, 0.5) is 0 Å². The molecule has 1 saturated carbocycles. The highest BCUT2D eigenvalue weighted by molar-refractivity contribution is 7.50. The number of hydrogen-bond acceptors (Lipinski definition) is 8. The van der Waals surface area contributed by atoms with Gasteiger partial charge in [-0.05, 0) is 73.5 Å². The molecule has 0 radical (unpaired) electrons. The van der Waals surface area contributed by atoms with E-state index in [4.69, 9.17) is 27.1 Å². The fourth-order valence-electron chi connectivity index (χ4n) is 4.63. The number of para-hydroxylation sites is 3. The third-order valence-electron chi connectivity index (χ3n) is 7.12. The molecule has 0 amide bonds. The predicted octanol–water partition coefficient (Wildman–Crippen LogP) is 9.02. The Morgan fingerprint density at radius 3 is 1.15 bits per heavy atom. The van der Waals surface area contributed by atoms with Gasteiger partial charge in [-0.2, -0.15) is 4.57 Å². The highest BCUT2D eigenvalue weighted by atomic mass is 31.2. The van der Waals surface area contributed by atoms with Crippen molar-refractivity contribution < 1.29 is 36.3 Å². The molecule has 2 aliphatic rings. The Morgan fingerprint density at radius 1 is 0.488 bits per heavy atom. The van der Waals surface area contributed by atoms with E-state index >= 15 is 0 Å². The molecule has 2 unspecified atom stereocenters. The molecule has 0 heterocycles. The highest BCUT2D eigenvalue weighted by Gasteiger charge is 2.63. The Hall–Kier alpha value is -3.96. The average Bonchev–Trinajstić information content (AvgIpc) is 2.97. The SMILES string of the molecule is C[C@]12C=CC1(OP(=O)(Oc1ccccc1)Oc1ccc(OP(=O)(Oc3ccccc3)Oc3ccccc3)cc1)CC2. The van der Waals surface area contributed by atoms with E-state index in [9.17, 15) is 9.13 Å². The van der Waals surface area contributed by atoms with E-state index in [1.54, 1.807) is 72.8 Å². The number of phosphoric acid groups is 2. The number of phosphoric ester groups is 2. The maximum atomic E-state index is 14.0. The minimum atomic E-state index is -4.17. The van der Waals surface area contributed by atoms with Gasteiger partial charge >= 0.3 is 15.6 Å². The molecule has 41 heavy (non-hydrogen) atoms. The van der Waals surface area contributed by atoms with E-state index in [0.717, 1.165) is 12.8 Å². The summed E-state index contributed by atoms with van der Waals surface area (Å²) in [7, 11) is -8.29. The van der Waals surface area contributed by atoms with Crippen LogP contribution in [0.2, 0.25) is 0 Å². The molecule has 2 aliphatic carbocycles. The Kier molecular flexibility index (Phi) is 7.16. The van der Waals surface area contributed by atoms with E-state index in [1.807, 2.05) is 24.3 Å². The van der Waals surface area contributed by atoms with Crippen LogP contribution < -0.4 is 22.6 Å². The summed E-state index contributed by atoms with van der Waals surface area (Å²) in [6.45, 7) is 2.06. The van der Waals surface area contributed by atoms with Gasteiger partial charge in [-0.3, -0.25) is 4.52 Å². The first kappa shape index (κ1) is 27.2. The molecule has 4 aromatic carbocycles. The van der Waals surface area contributed by atoms with Crippen LogP contribution in [0.5, 0.6) is 28.7 Å². The van der Waals surface area contributed by atoms with Crippen LogP contribution in [-0.4, -0.2) is 5.60 Å². The second kappa shape index (κ2) is 10.8. The van der Waals surface area contributed by atoms with Crippen molar-refractivity contribution in [1.29, 1.82) is 0 Å². The molecule has 0 aliphatic heterocycles. The lowest BCUT2D eigenvalue weighted by Gasteiger charge is -2.60. The van der Waals surface area contributed by atoms with Crippen LogP contribution in [0.1, 0.15) is 19.8 Å². The summed E-state index contributed by atoms with van der Waals surface area (Å²) < 4.78 is 62.6. The number of hydrogen-bond donors (Lipinski definition) is 0. The summed E-state index contributed by atoms with van der Waals surface area (Å²) in [5.74, 6) is 1.37. The van der Waals surface area contributed by atoms with Gasteiger partial charge in [0, 0.05) is 5.41 Å². The van der Waals surface area contributed by atoms with Crippen LogP contribution >= 0.6 is 15.6 Å². The molecule has 0 N–H and O–H groups in total. The zero-order valence-corrected chi connectivity index (χ0v) is 24.0. The largest absolute Gasteiger partial charge is 0.647 e. The Morgan fingerprint density at radius 2 is 0.854 bits per heavy atom. The van der Waals surface area contributed by atoms with E-state index < -0.39 is 21.2 Å². The van der Waals surface area contributed by atoms with Gasteiger partial charge in [-0.25, -0.2) is 4.57 Å². The zero-order chi connectivity index (χ0) is 28.4. The lowest BCUT2D eigenvalue weighted by Crippen LogP contribution is -2.60. The van der Waals surface area contributed by atoms with Crippen molar-refractivity contribution in [2.24, 2.45) is 5.41 Å². The molecule has 6 rings (SSSR count). The molecule has 4 aromatic rings. The average molecular weight is 591 g/mol. The molecule has 0 spiro atoms. The molecule has 0 aromatic heterocycles. The van der Waals surface area contributed by atoms with Crippen molar-refractivity contribution in [3.05, 3.63) is 127 Å². The maximum absolute atomic E-state index is 14.0. The van der Waals surface area contributed by atoms with Gasteiger partial charge in [0.2, 0.25) is 0 Å². The number of fused-ring (bicyclic) bond motifs is 1. The predicted molar refractivity (Wildman–Crippen MR) is 154 cm³/mol. The van der Waals surface area contributed by atoms with Crippen LogP contribution in [0.3, 0.4) is 0 Å². The summed E-state index contributed by atoms with van der Waals surface area (Å²) in [6.07, 6.45) is 5.62. The van der Waals surface area contributed by atoms with Gasteiger partial charge in [0.1, 0.15) is 34.3 Å². The van der Waals surface area contributed by atoms with Crippen molar-refractivity contribution in [3.63, 3.8) is 0 Å². The lowest BCUT2D eigenvalue weighted by molar-refractivity contribution is -0.104. The van der Waals surface area contributed by atoms with Gasteiger partial charge in [-0.15, -0.1) is 0 Å². The quantitative estimate of drug-likeness (QED) is 0.119. The minimum absolute atomic E-state index is 0.180. The van der Waals surface area contributed by atoms with E-state index in [-0.39, 0.29) is 16.9 Å². The third kappa shape index (κ3) is 5.91. The second-order valence-corrected chi connectivity index (χ2v) is 12.9. The van der Waals surface area contributed by atoms with Crippen molar-refractivity contribution >= 4 is 15.6 Å². The Balaban J connectivity index is 1.21. The summed E-state index contributed by atoms with van der Waals surface area (Å²) >= 11 is 0. The normalized spacial score (nSPS) is 22.2. The fourth-order valence-corrected chi connectivity index (χ4v) is 7.51. The molecular weight excluding hydrogens is 562 g/mol.